The second-order valence-electron chi connectivity index (χ2n) is 4.18. The molecule has 0 fully saturated rings. The predicted octanol–water partition coefficient (Wildman–Crippen LogP) is 2.58. The molecule has 0 aliphatic heterocycles. The van der Waals surface area contributed by atoms with Gasteiger partial charge < -0.3 is 14.8 Å². The maximum atomic E-state index is 11.7. The Morgan fingerprint density at radius 3 is 2.74 bits per heavy atom. The first-order valence-corrected chi connectivity index (χ1v) is 6.02. The zero-order chi connectivity index (χ0) is 14.3. The Bertz CT molecular complexity index is 480. The summed E-state index contributed by atoms with van der Waals surface area (Å²) in [6, 6.07) is 7.27. The fourth-order valence-corrected chi connectivity index (χ4v) is 1.53. The molecule has 0 saturated carbocycles. The predicted molar refractivity (Wildman–Crippen MR) is 72.2 cm³/mol. The van der Waals surface area contributed by atoms with Gasteiger partial charge in [0.15, 0.2) is 0 Å². The number of nitrogens with one attached hydrogen (secondary N) is 1. The average molecular weight is 262 g/mol. The van der Waals surface area contributed by atoms with Gasteiger partial charge in [0.05, 0.1) is 26.0 Å². The molecule has 0 spiro atoms. The maximum absolute atomic E-state index is 11.7. The van der Waals surface area contributed by atoms with Crippen LogP contribution in [0, 0.1) is 17.2 Å². The van der Waals surface area contributed by atoms with Crippen molar-refractivity contribution in [3.05, 3.63) is 18.2 Å². The third kappa shape index (κ3) is 4.51. The summed E-state index contributed by atoms with van der Waals surface area (Å²) >= 11 is 0. The number of rotatable bonds is 6. The monoisotopic (exact) mass is 262 g/mol. The van der Waals surface area contributed by atoms with Gasteiger partial charge in [-0.2, -0.15) is 5.26 Å². The van der Waals surface area contributed by atoms with E-state index in [0.29, 0.717) is 30.0 Å². The second kappa shape index (κ2) is 7.27. The molecule has 19 heavy (non-hydrogen) atoms. The number of hydrogen-bond donors (Lipinski definition) is 1. The second-order valence-corrected chi connectivity index (χ2v) is 4.18. The first kappa shape index (κ1) is 14.8. The quantitative estimate of drug-likeness (QED) is 0.855. The van der Waals surface area contributed by atoms with E-state index < -0.39 is 0 Å². The fourth-order valence-electron chi connectivity index (χ4n) is 1.53. The van der Waals surface area contributed by atoms with E-state index in [1.54, 1.807) is 32.2 Å². The number of carbonyl (C=O) groups is 1. The Labute approximate surface area is 113 Å². The topological polar surface area (TPSA) is 71.3 Å². The van der Waals surface area contributed by atoms with Crippen LogP contribution in [0.15, 0.2) is 18.2 Å². The van der Waals surface area contributed by atoms with Crippen molar-refractivity contribution in [3.8, 4) is 17.6 Å². The smallest absolute Gasteiger partial charge is 0.224 e. The molecule has 0 aliphatic rings. The minimum Gasteiger partial charge on any atom is -0.497 e. The van der Waals surface area contributed by atoms with Gasteiger partial charge in [-0.25, -0.2) is 0 Å². The molecule has 0 aliphatic carbocycles. The average Bonchev–Trinajstić information content (AvgIpc) is 2.45. The van der Waals surface area contributed by atoms with E-state index in [1.165, 1.54) is 7.11 Å². The lowest BCUT2D eigenvalue weighted by Crippen LogP contribution is -2.13. The van der Waals surface area contributed by atoms with E-state index >= 15 is 0 Å². The molecule has 1 aromatic carbocycles. The number of benzene rings is 1. The SMILES string of the molecule is COc1ccc(NC(=O)CCC(C)C#N)c(OC)c1. The molecule has 102 valence electrons. The largest absolute Gasteiger partial charge is 0.497 e. The van der Waals surface area contributed by atoms with Crippen LogP contribution >= 0.6 is 0 Å². The number of methoxy groups -OCH3 is 2. The minimum atomic E-state index is -0.134. The molecule has 0 aromatic heterocycles. The molecule has 1 rings (SSSR count). The van der Waals surface area contributed by atoms with Gasteiger partial charge in [-0.05, 0) is 25.5 Å². The lowest BCUT2D eigenvalue weighted by Gasteiger charge is -2.11. The Morgan fingerprint density at radius 2 is 2.16 bits per heavy atom. The summed E-state index contributed by atoms with van der Waals surface area (Å²) in [5, 5.41) is 11.4. The van der Waals surface area contributed by atoms with Gasteiger partial charge in [0, 0.05) is 18.4 Å². The summed E-state index contributed by atoms with van der Waals surface area (Å²) in [4.78, 5) is 11.7. The molecule has 1 amide bonds. The van der Waals surface area contributed by atoms with Crippen molar-refractivity contribution in [1.29, 1.82) is 5.26 Å². The molecule has 0 bridgehead atoms. The van der Waals surface area contributed by atoms with Gasteiger partial charge >= 0.3 is 0 Å². The highest BCUT2D eigenvalue weighted by molar-refractivity contribution is 5.92. The lowest BCUT2D eigenvalue weighted by molar-refractivity contribution is -0.116. The number of hydrogen-bond acceptors (Lipinski definition) is 4. The van der Waals surface area contributed by atoms with Crippen LogP contribution in [0.5, 0.6) is 11.5 Å². The van der Waals surface area contributed by atoms with Gasteiger partial charge in [0.2, 0.25) is 5.91 Å². The standard InChI is InChI=1S/C14H18N2O3/c1-10(9-15)4-7-14(17)16-12-6-5-11(18-2)8-13(12)19-3/h5-6,8,10H,4,7H2,1-3H3,(H,16,17). The van der Waals surface area contributed by atoms with Crippen molar-refractivity contribution >= 4 is 11.6 Å². The van der Waals surface area contributed by atoms with Crippen molar-refractivity contribution in [2.24, 2.45) is 5.92 Å². The normalized spacial score (nSPS) is 11.3. The van der Waals surface area contributed by atoms with Crippen LogP contribution in [0.3, 0.4) is 0 Å². The molecule has 5 nitrogen and oxygen atoms in total. The summed E-state index contributed by atoms with van der Waals surface area (Å²) in [5.74, 6) is 0.947. The van der Waals surface area contributed by atoms with Gasteiger partial charge in [-0.3, -0.25) is 4.79 Å². The molecule has 1 atom stereocenters. The van der Waals surface area contributed by atoms with Crippen LogP contribution in [0.2, 0.25) is 0 Å². The first-order chi connectivity index (χ1) is 9.10. The van der Waals surface area contributed by atoms with Crippen LogP contribution in [-0.4, -0.2) is 20.1 Å². The summed E-state index contributed by atoms with van der Waals surface area (Å²) in [7, 11) is 3.10. The zero-order valence-corrected chi connectivity index (χ0v) is 11.4. The van der Waals surface area contributed by atoms with Crippen LogP contribution in [0.4, 0.5) is 5.69 Å². The molecule has 0 saturated heterocycles. The minimum absolute atomic E-state index is 0.122. The number of carbonyl (C=O) groups excluding carboxylic acids is 1. The van der Waals surface area contributed by atoms with Gasteiger partial charge in [0.25, 0.3) is 0 Å². The highest BCUT2D eigenvalue weighted by atomic mass is 16.5. The Kier molecular flexibility index (Phi) is 5.68. The lowest BCUT2D eigenvalue weighted by atomic mass is 10.1. The highest BCUT2D eigenvalue weighted by Crippen LogP contribution is 2.29. The third-order valence-corrected chi connectivity index (χ3v) is 2.71. The van der Waals surface area contributed by atoms with Gasteiger partial charge in [-0.15, -0.1) is 0 Å². The summed E-state index contributed by atoms with van der Waals surface area (Å²) < 4.78 is 10.3. The summed E-state index contributed by atoms with van der Waals surface area (Å²) in [6.07, 6.45) is 0.852. The van der Waals surface area contributed by atoms with E-state index in [-0.39, 0.29) is 11.8 Å². The van der Waals surface area contributed by atoms with Crippen molar-refractivity contribution < 1.29 is 14.3 Å². The molecule has 1 unspecified atom stereocenters. The van der Waals surface area contributed by atoms with E-state index in [1.807, 2.05) is 0 Å². The Balaban J connectivity index is 2.66. The summed E-state index contributed by atoms with van der Waals surface area (Å²) in [6.45, 7) is 1.79. The molecular formula is C14H18N2O3. The number of nitrogens with zero attached hydrogens (tertiary/aromatic N) is 1. The van der Waals surface area contributed by atoms with Gasteiger partial charge in [-0.1, -0.05) is 0 Å². The fraction of sp³-hybridized carbons (Fsp3) is 0.429. The number of ether oxygens (including phenoxy) is 2. The first-order valence-electron chi connectivity index (χ1n) is 6.02. The molecule has 1 aromatic rings. The third-order valence-electron chi connectivity index (χ3n) is 2.71. The molecule has 1 N–H and O–H groups in total. The zero-order valence-electron chi connectivity index (χ0n) is 11.4. The summed E-state index contributed by atoms with van der Waals surface area (Å²) in [5.41, 5.74) is 0.595. The highest BCUT2D eigenvalue weighted by Gasteiger charge is 2.10. The van der Waals surface area contributed by atoms with Crippen molar-refractivity contribution in [3.63, 3.8) is 0 Å². The molecule has 0 radical (unpaired) electrons. The maximum Gasteiger partial charge on any atom is 0.224 e. The van der Waals surface area contributed by atoms with Crippen LogP contribution in [-0.2, 0) is 4.79 Å². The Morgan fingerprint density at radius 1 is 1.42 bits per heavy atom. The van der Waals surface area contributed by atoms with Crippen molar-refractivity contribution in [2.45, 2.75) is 19.8 Å². The van der Waals surface area contributed by atoms with E-state index in [0.717, 1.165) is 0 Å². The van der Waals surface area contributed by atoms with Gasteiger partial charge in [0.1, 0.15) is 11.5 Å². The van der Waals surface area contributed by atoms with Crippen LogP contribution in [0.25, 0.3) is 0 Å². The van der Waals surface area contributed by atoms with Crippen LogP contribution in [0.1, 0.15) is 19.8 Å². The molecular weight excluding hydrogens is 244 g/mol. The number of nitriles is 1. The van der Waals surface area contributed by atoms with Crippen LogP contribution < -0.4 is 14.8 Å². The van der Waals surface area contributed by atoms with Crippen molar-refractivity contribution in [2.75, 3.05) is 19.5 Å². The number of anilines is 1. The van der Waals surface area contributed by atoms with E-state index in [4.69, 9.17) is 14.7 Å². The molecule has 0 heterocycles. The van der Waals surface area contributed by atoms with E-state index in [2.05, 4.69) is 11.4 Å². The molecule has 5 heteroatoms. The van der Waals surface area contributed by atoms with E-state index in [9.17, 15) is 4.79 Å². The number of amides is 1. The Hall–Kier alpha value is -2.22. The van der Waals surface area contributed by atoms with Crippen molar-refractivity contribution in [1.82, 2.24) is 0 Å².